The van der Waals surface area contributed by atoms with Crippen LogP contribution in [0.3, 0.4) is 0 Å². The van der Waals surface area contributed by atoms with Crippen LogP contribution in [0.15, 0.2) is 45.3 Å². The van der Waals surface area contributed by atoms with Gasteiger partial charge in [0.25, 0.3) is 0 Å². The molecule has 0 heterocycles. The van der Waals surface area contributed by atoms with Crippen LogP contribution in [0.4, 0.5) is 10.1 Å². The zero-order valence-corrected chi connectivity index (χ0v) is 13.0. The van der Waals surface area contributed by atoms with Crippen LogP contribution >= 0.6 is 31.9 Å². The average Bonchev–Trinajstić information content (AvgIpc) is 2.32. The molecule has 0 atom stereocenters. The highest BCUT2D eigenvalue weighted by molar-refractivity contribution is 9.10. The van der Waals surface area contributed by atoms with Gasteiger partial charge in [0.2, 0.25) is 0 Å². The number of nitrogens with one attached hydrogen (secondary N) is 1. The molecule has 0 aromatic heterocycles. The SMILES string of the molecule is Cc1ccc(CNc2ccc(F)cc2Br)cc1Br. The number of benzene rings is 2. The fourth-order valence-electron chi connectivity index (χ4n) is 1.58. The van der Waals surface area contributed by atoms with E-state index in [1.54, 1.807) is 6.07 Å². The lowest BCUT2D eigenvalue weighted by Gasteiger charge is -2.09. The van der Waals surface area contributed by atoms with E-state index >= 15 is 0 Å². The molecular formula is C14H12Br2FN. The van der Waals surface area contributed by atoms with Gasteiger partial charge in [-0.25, -0.2) is 4.39 Å². The number of aryl methyl sites for hydroxylation is 1. The van der Waals surface area contributed by atoms with Gasteiger partial charge in [0, 0.05) is 21.2 Å². The molecule has 0 aliphatic heterocycles. The van der Waals surface area contributed by atoms with Gasteiger partial charge in [0.15, 0.2) is 0 Å². The van der Waals surface area contributed by atoms with Crippen molar-refractivity contribution in [1.82, 2.24) is 0 Å². The third kappa shape index (κ3) is 3.33. The molecule has 4 heteroatoms. The highest BCUT2D eigenvalue weighted by Gasteiger charge is 2.02. The molecule has 0 saturated carbocycles. The van der Waals surface area contributed by atoms with E-state index in [2.05, 4.69) is 62.3 Å². The summed E-state index contributed by atoms with van der Waals surface area (Å²) in [5.74, 6) is -0.245. The number of hydrogen-bond donors (Lipinski definition) is 1. The number of halogens is 3. The highest BCUT2D eigenvalue weighted by Crippen LogP contribution is 2.24. The topological polar surface area (TPSA) is 12.0 Å². The lowest BCUT2D eigenvalue weighted by atomic mass is 10.1. The van der Waals surface area contributed by atoms with Crippen LogP contribution in [0, 0.1) is 12.7 Å². The van der Waals surface area contributed by atoms with Crippen LogP contribution in [0.1, 0.15) is 11.1 Å². The van der Waals surface area contributed by atoms with Gasteiger partial charge in [-0.2, -0.15) is 0 Å². The second-order valence-corrected chi connectivity index (χ2v) is 5.77. The maximum atomic E-state index is 12.9. The summed E-state index contributed by atoms with van der Waals surface area (Å²) >= 11 is 6.84. The summed E-state index contributed by atoms with van der Waals surface area (Å²) < 4.78 is 14.8. The van der Waals surface area contributed by atoms with Gasteiger partial charge < -0.3 is 5.32 Å². The van der Waals surface area contributed by atoms with Crippen LogP contribution in [0.5, 0.6) is 0 Å². The van der Waals surface area contributed by atoms with Crippen molar-refractivity contribution < 1.29 is 4.39 Å². The predicted molar refractivity (Wildman–Crippen MR) is 80.3 cm³/mol. The minimum Gasteiger partial charge on any atom is -0.380 e. The smallest absolute Gasteiger partial charge is 0.124 e. The maximum Gasteiger partial charge on any atom is 0.124 e. The molecule has 1 nitrogen and oxygen atoms in total. The van der Waals surface area contributed by atoms with E-state index in [1.165, 1.54) is 23.3 Å². The van der Waals surface area contributed by atoms with Gasteiger partial charge in [-0.05, 0) is 58.2 Å². The van der Waals surface area contributed by atoms with Gasteiger partial charge >= 0.3 is 0 Å². The van der Waals surface area contributed by atoms with E-state index in [0.29, 0.717) is 6.54 Å². The predicted octanol–water partition coefficient (Wildman–Crippen LogP) is 5.27. The van der Waals surface area contributed by atoms with E-state index in [-0.39, 0.29) is 5.82 Å². The zero-order valence-electron chi connectivity index (χ0n) is 9.81. The summed E-state index contributed by atoms with van der Waals surface area (Å²) in [6.45, 7) is 2.75. The van der Waals surface area contributed by atoms with Gasteiger partial charge in [0.1, 0.15) is 5.82 Å². The second kappa shape index (κ2) is 5.85. The normalized spacial score (nSPS) is 10.4. The summed E-state index contributed by atoms with van der Waals surface area (Å²) in [6, 6.07) is 10.8. The first-order valence-corrected chi connectivity index (χ1v) is 7.09. The fourth-order valence-corrected chi connectivity index (χ4v) is 2.49. The molecule has 0 fully saturated rings. The zero-order chi connectivity index (χ0) is 13.1. The Morgan fingerprint density at radius 2 is 1.83 bits per heavy atom. The monoisotopic (exact) mass is 371 g/mol. The van der Waals surface area contributed by atoms with E-state index in [9.17, 15) is 4.39 Å². The number of hydrogen-bond acceptors (Lipinski definition) is 1. The van der Waals surface area contributed by atoms with E-state index < -0.39 is 0 Å². The third-order valence-corrected chi connectivity index (χ3v) is 4.16. The molecule has 0 aliphatic rings. The Balaban J connectivity index is 2.09. The van der Waals surface area contributed by atoms with E-state index in [4.69, 9.17) is 0 Å². The number of anilines is 1. The standard InChI is InChI=1S/C14H12Br2FN/c1-9-2-3-10(6-12(9)15)8-18-14-5-4-11(17)7-13(14)16/h2-7,18H,8H2,1H3. The van der Waals surface area contributed by atoms with Crippen LogP contribution in [0.25, 0.3) is 0 Å². The van der Waals surface area contributed by atoms with Crippen molar-refractivity contribution in [3.05, 3.63) is 62.3 Å². The fraction of sp³-hybridized carbons (Fsp3) is 0.143. The van der Waals surface area contributed by atoms with Crippen LogP contribution in [0.2, 0.25) is 0 Å². The Morgan fingerprint density at radius 3 is 2.50 bits per heavy atom. The van der Waals surface area contributed by atoms with Gasteiger partial charge in [-0.3, -0.25) is 0 Å². The molecule has 0 radical (unpaired) electrons. The Morgan fingerprint density at radius 1 is 1.06 bits per heavy atom. The van der Waals surface area contributed by atoms with Gasteiger partial charge in [-0.15, -0.1) is 0 Å². The molecule has 0 unspecified atom stereocenters. The first kappa shape index (κ1) is 13.6. The third-order valence-electron chi connectivity index (χ3n) is 2.65. The molecule has 94 valence electrons. The molecule has 0 spiro atoms. The Hall–Kier alpha value is -0.870. The van der Waals surface area contributed by atoms with E-state index in [1.807, 2.05) is 0 Å². The summed E-state index contributed by atoms with van der Waals surface area (Å²) in [7, 11) is 0. The Labute approximate surface area is 123 Å². The largest absolute Gasteiger partial charge is 0.380 e. The summed E-state index contributed by atoms with van der Waals surface area (Å²) in [5.41, 5.74) is 3.26. The molecular weight excluding hydrogens is 361 g/mol. The molecule has 2 aromatic carbocycles. The van der Waals surface area contributed by atoms with Gasteiger partial charge in [-0.1, -0.05) is 28.1 Å². The highest BCUT2D eigenvalue weighted by atomic mass is 79.9. The second-order valence-electron chi connectivity index (χ2n) is 4.06. The van der Waals surface area contributed by atoms with Crippen molar-refractivity contribution in [2.75, 3.05) is 5.32 Å². The van der Waals surface area contributed by atoms with Crippen molar-refractivity contribution in [3.8, 4) is 0 Å². The van der Waals surface area contributed by atoms with Crippen molar-refractivity contribution in [2.24, 2.45) is 0 Å². The van der Waals surface area contributed by atoms with Crippen LogP contribution in [-0.2, 0) is 6.54 Å². The minimum atomic E-state index is -0.245. The molecule has 2 aromatic rings. The average molecular weight is 373 g/mol. The van der Waals surface area contributed by atoms with Crippen LogP contribution in [-0.4, -0.2) is 0 Å². The van der Waals surface area contributed by atoms with Crippen molar-refractivity contribution in [2.45, 2.75) is 13.5 Å². The summed E-state index contributed by atoms with van der Waals surface area (Å²) in [6.07, 6.45) is 0. The van der Waals surface area contributed by atoms with Crippen molar-refractivity contribution in [3.63, 3.8) is 0 Å². The minimum absolute atomic E-state index is 0.245. The molecule has 18 heavy (non-hydrogen) atoms. The summed E-state index contributed by atoms with van der Waals surface area (Å²) in [4.78, 5) is 0. The molecule has 0 saturated heterocycles. The van der Waals surface area contributed by atoms with Crippen LogP contribution < -0.4 is 5.32 Å². The summed E-state index contributed by atoms with van der Waals surface area (Å²) in [5, 5.41) is 3.27. The molecule has 0 bridgehead atoms. The van der Waals surface area contributed by atoms with Gasteiger partial charge in [0.05, 0.1) is 0 Å². The molecule has 0 aliphatic carbocycles. The quantitative estimate of drug-likeness (QED) is 0.773. The van der Waals surface area contributed by atoms with Crippen molar-refractivity contribution >= 4 is 37.5 Å². The lowest BCUT2D eigenvalue weighted by molar-refractivity contribution is 0.627. The first-order valence-electron chi connectivity index (χ1n) is 5.50. The first-order chi connectivity index (χ1) is 8.56. The number of rotatable bonds is 3. The maximum absolute atomic E-state index is 12.9. The Kier molecular flexibility index (Phi) is 4.40. The molecule has 2 rings (SSSR count). The lowest BCUT2D eigenvalue weighted by Crippen LogP contribution is -2.00. The van der Waals surface area contributed by atoms with Crippen molar-refractivity contribution in [1.29, 1.82) is 0 Å². The molecule has 1 N–H and O–H groups in total. The Bertz CT molecular complexity index is 570. The molecule has 0 amide bonds. The van der Waals surface area contributed by atoms with E-state index in [0.717, 1.165) is 14.6 Å².